The van der Waals surface area contributed by atoms with Crippen LogP contribution in [0.4, 0.5) is 5.69 Å². The van der Waals surface area contributed by atoms with Crippen LogP contribution in [0.3, 0.4) is 0 Å². The van der Waals surface area contributed by atoms with Crippen molar-refractivity contribution in [2.45, 2.75) is 47.0 Å². The molecule has 0 fully saturated rings. The van der Waals surface area contributed by atoms with Gasteiger partial charge in [0.25, 0.3) is 0 Å². The first-order valence-corrected chi connectivity index (χ1v) is 7.02. The van der Waals surface area contributed by atoms with Crippen molar-refractivity contribution in [1.29, 1.82) is 0 Å². The van der Waals surface area contributed by atoms with Crippen LogP contribution in [-0.4, -0.2) is 17.6 Å². The number of thiocarbonyl (C=S) groups is 1. The Bertz CT molecular complexity index is 484. The fourth-order valence-corrected chi connectivity index (χ4v) is 2.32. The van der Waals surface area contributed by atoms with E-state index < -0.39 is 0 Å². The van der Waals surface area contributed by atoms with E-state index in [1.54, 1.807) is 12.4 Å². The number of hydrogen-bond acceptors (Lipinski definition) is 3. The largest absolute Gasteiger partial charge is 0.289 e. The van der Waals surface area contributed by atoms with Crippen LogP contribution in [-0.2, 0) is 5.41 Å². The van der Waals surface area contributed by atoms with E-state index >= 15 is 0 Å². The Labute approximate surface area is 122 Å². The molecule has 0 amide bonds. The molecule has 106 valence electrons. The van der Waals surface area contributed by atoms with Crippen LogP contribution in [0.25, 0.3) is 0 Å². The normalized spacial score (nSPS) is 12.4. The molecule has 0 saturated heterocycles. The number of hydroxylamine groups is 1. The van der Waals surface area contributed by atoms with Crippen LogP contribution in [0.5, 0.6) is 0 Å². The van der Waals surface area contributed by atoms with E-state index in [0.717, 1.165) is 22.4 Å². The predicted octanol–water partition coefficient (Wildman–Crippen LogP) is 4.49. The van der Waals surface area contributed by atoms with E-state index in [2.05, 4.69) is 47.6 Å². The predicted molar refractivity (Wildman–Crippen MR) is 86.6 cm³/mol. The third-order valence-corrected chi connectivity index (χ3v) is 4.54. The number of rotatable bonds is 3. The number of benzene rings is 1. The first-order valence-electron chi connectivity index (χ1n) is 6.55. The molecule has 0 aliphatic rings. The van der Waals surface area contributed by atoms with Crippen molar-refractivity contribution in [3.8, 4) is 0 Å². The van der Waals surface area contributed by atoms with Gasteiger partial charge >= 0.3 is 0 Å². The summed E-state index contributed by atoms with van der Waals surface area (Å²) in [6.45, 7) is 13.1. The van der Waals surface area contributed by atoms with Gasteiger partial charge in [-0.3, -0.25) is 10.3 Å². The van der Waals surface area contributed by atoms with Crippen LogP contribution in [0, 0.1) is 12.3 Å². The van der Waals surface area contributed by atoms with Gasteiger partial charge in [0, 0.05) is 18.0 Å². The van der Waals surface area contributed by atoms with Gasteiger partial charge in [0.2, 0.25) is 0 Å². The second-order valence-electron chi connectivity index (χ2n) is 6.77. The van der Waals surface area contributed by atoms with Gasteiger partial charge in [-0.25, -0.2) is 0 Å². The fourth-order valence-electron chi connectivity index (χ4n) is 2.14. The lowest BCUT2D eigenvalue weighted by atomic mass is 9.64. The summed E-state index contributed by atoms with van der Waals surface area (Å²) in [5, 5.41) is 12.8. The summed E-state index contributed by atoms with van der Waals surface area (Å²) in [6.07, 6.45) is 0. The van der Waals surface area contributed by atoms with Crippen LogP contribution in [0.2, 0.25) is 0 Å². The Morgan fingerprint density at radius 3 is 2.05 bits per heavy atom. The van der Waals surface area contributed by atoms with Crippen molar-refractivity contribution >= 4 is 23.3 Å². The first-order chi connectivity index (χ1) is 8.52. The molecule has 1 aromatic carbocycles. The molecule has 0 aliphatic carbocycles. The van der Waals surface area contributed by atoms with E-state index in [-0.39, 0.29) is 10.8 Å². The van der Waals surface area contributed by atoms with Gasteiger partial charge in [0.1, 0.15) is 0 Å². The highest BCUT2D eigenvalue weighted by Gasteiger charge is 2.37. The highest BCUT2D eigenvalue weighted by atomic mass is 32.1. The maximum atomic E-state index is 10.0. The maximum Gasteiger partial charge on any atom is 0.0749 e. The minimum atomic E-state index is -0.0849. The Hall–Kier alpha value is -0.930. The topological polar surface area (TPSA) is 23.5 Å². The molecule has 0 saturated carbocycles. The van der Waals surface area contributed by atoms with Gasteiger partial charge in [-0.15, -0.1) is 0 Å². The summed E-state index contributed by atoms with van der Waals surface area (Å²) in [4.78, 5) is 0. The Balaban J connectivity index is 3.67. The van der Waals surface area contributed by atoms with Crippen LogP contribution in [0.1, 0.15) is 51.3 Å². The Kier molecular flexibility index (Phi) is 4.43. The number of anilines is 1. The van der Waals surface area contributed by atoms with Gasteiger partial charge in [0.05, 0.1) is 5.69 Å². The molecule has 0 radical (unpaired) electrons. The molecule has 0 aromatic heterocycles. The molecule has 0 bridgehead atoms. The molecule has 2 nitrogen and oxygen atoms in total. The molecule has 0 unspecified atom stereocenters. The molecule has 3 heteroatoms. The summed E-state index contributed by atoms with van der Waals surface area (Å²) < 4.78 is 0. The highest BCUT2D eigenvalue weighted by Crippen LogP contribution is 2.45. The van der Waals surface area contributed by atoms with Crippen LogP contribution >= 0.6 is 12.2 Å². The summed E-state index contributed by atoms with van der Waals surface area (Å²) in [7, 11) is 1.65. The van der Waals surface area contributed by atoms with Crippen molar-refractivity contribution in [1.82, 2.24) is 0 Å². The summed E-state index contributed by atoms with van der Waals surface area (Å²) in [5.41, 5.74) is 3.98. The molecule has 1 N–H and O–H groups in total. The first kappa shape index (κ1) is 16.1. The molecule has 19 heavy (non-hydrogen) atoms. The molecule has 1 aromatic rings. The summed E-state index contributed by atoms with van der Waals surface area (Å²) in [5.74, 6) is 0. The van der Waals surface area contributed by atoms with Crippen molar-refractivity contribution in [2.75, 3.05) is 12.1 Å². The summed E-state index contributed by atoms with van der Waals surface area (Å²) >= 11 is 5.10. The number of aryl methyl sites for hydroxylation is 1. The number of nitrogens with zero attached hydrogens (tertiary/aromatic N) is 1. The summed E-state index contributed by atoms with van der Waals surface area (Å²) in [6, 6.07) is 4.16. The minimum Gasteiger partial charge on any atom is -0.289 e. The lowest BCUT2D eigenvalue weighted by Gasteiger charge is -2.41. The molecule has 0 aliphatic heterocycles. The Morgan fingerprint density at radius 1 is 1.16 bits per heavy atom. The lowest BCUT2D eigenvalue weighted by molar-refractivity contribution is 0.220. The SMILES string of the molecule is Cc1cc(C=S)c(N(C)O)c(C(C)(C)C(C)(C)C)c1. The molecular formula is C16H25NOS. The van der Waals surface area contributed by atoms with Gasteiger partial charge < -0.3 is 0 Å². The second-order valence-corrected chi connectivity index (χ2v) is 7.00. The van der Waals surface area contributed by atoms with E-state index in [1.165, 1.54) is 5.06 Å². The molecule has 0 spiro atoms. The zero-order valence-electron chi connectivity index (χ0n) is 13.0. The van der Waals surface area contributed by atoms with Gasteiger partial charge in [0.15, 0.2) is 0 Å². The average Bonchev–Trinajstić information content (AvgIpc) is 2.25. The van der Waals surface area contributed by atoms with Crippen LogP contribution < -0.4 is 5.06 Å². The maximum absolute atomic E-state index is 10.0. The Morgan fingerprint density at radius 2 is 1.68 bits per heavy atom. The quantitative estimate of drug-likeness (QED) is 0.651. The lowest BCUT2D eigenvalue weighted by Crippen LogP contribution is -2.36. The van der Waals surface area contributed by atoms with E-state index in [1.807, 2.05) is 6.07 Å². The monoisotopic (exact) mass is 279 g/mol. The van der Waals surface area contributed by atoms with Crippen molar-refractivity contribution < 1.29 is 5.21 Å². The smallest absolute Gasteiger partial charge is 0.0749 e. The van der Waals surface area contributed by atoms with E-state index in [0.29, 0.717) is 0 Å². The van der Waals surface area contributed by atoms with E-state index in [4.69, 9.17) is 12.2 Å². The van der Waals surface area contributed by atoms with E-state index in [9.17, 15) is 5.21 Å². The molecule has 1 rings (SSSR count). The van der Waals surface area contributed by atoms with Gasteiger partial charge in [-0.2, -0.15) is 0 Å². The average molecular weight is 279 g/mol. The zero-order chi connectivity index (χ0) is 15.0. The van der Waals surface area contributed by atoms with Gasteiger partial charge in [-0.05, 0) is 29.4 Å². The standard InChI is InChI=1S/C16H25NOS/c1-11-8-12(10-19)14(17(7)18)13(9-11)16(5,6)15(2,3)4/h8-10,18H,1-7H3. The minimum absolute atomic E-state index is 0.0737. The van der Waals surface area contributed by atoms with Crippen molar-refractivity contribution in [3.63, 3.8) is 0 Å². The third kappa shape index (κ3) is 2.98. The van der Waals surface area contributed by atoms with Crippen LogP contribution in [0.15, 0.2) is 12.1 Å². The molecule has 0 atom stereocenters. The second kappa shape index (κ2) is 5.22. The number of hydrogen-bond donors (Lipinski definition) is 1. The van der Waals surface area contributed by atoms with Crippen molar-refractivity contribution in [3.05, 3.63) is 28.8 Å². The third-order valence-electron chi connectivity index (χ3n) is 4.28. The fraction of sp³-hybridized carbons (Fsp3) is 0.562. The van der Waals surface area contributed by atoms with Crippen molar-refractivity contribution in [2.24, 2.45) is 5.41 Å². The van der Waals surface area contributed by atoms with Gasteiger partial charge in [-0.1, -0.05) is 58.5 Å². The molecule has 0 heterocycles. The zero-order valence-corrected chi connectivity index (χ0v) is 13.9. The molecular weight excluding hydrogens is 254 g/mol. The highest BCUT2D eigenvalue weighted by molar-refractivity contribution is 7.79.